The van der Waals surface area contributed by atoms with Crippen LogP contribution in [-0.2, 0) is 19.6 Å². The zero-order valence-corrected chi connectivity index (χ0v) is 14.9. The van der Waals surface area contributed by atoms with E-state index in [0.717, 1.165) is 30.7 Å². The number of hydrogen-bond donors (Lipinski definition) is 0. The average molecular weight is 360 g/mol. The third-order valence-electron chi connectivity index (χ3n) is 4.23. The Labute approximate surface area is 157 Å². The number of hydrogen-bond acceptors (Lipinski definition) is 5. The summed E-state index contributed by atoms with van der Waals surface area (Å²) in [6, 6.07) is 17.9. The Morgan fingerprint density at radius 1 is 1.00 bits per heavy atom. The van der Waals surface area contributed by atoms with Gasteiger partial charge in [-0.05, 0) is 30.5 Å². The van der Waals surface area contributed by atoms with E-state index in [0.29, 0.717) is 11.7 Å². The minimum absolute atomic E-state index is 0.250. The predicted molar refractivity (Wildman–Crippen MR) is 101 cm³/mol. The fourth-order valence-corrected chi connectivity index (χ4v) is 2.80. The van der Waals surface area contributed by atoms with Crippen molar-refractivity contribution in [1.29, 1.82) is 0 Å². The highest BCUT2D eigenvalue weighted by Gasteiger charge is 2.08. The van der Waals surface area contributed by atoms with Gasteiger partial charge in [-0.2, -0.15) is 4.98 Å². The molecule has 0 fully saturated rings. The molecule has 6 heteroatoms. The first-order chi connectivity index (χ1) is 13.4. The topological polar surface area (TPSA) is 66.0 Å². The highest BCUT2D eigenvalue weighted by molar-refractivity contribution is 5.53. The van der Waals surface area contributed by atoms with Crippen LogP contribution in [0.2, 0.25) is 0 Å². The van der Waals surface area contributed by atoms with Gasteiger partial charge in [0.1, 0.15) is 5.75 Å². The lowest BCUT2D eigenvalue weighted by Crippen LogP contribution is -1.98. The molecule has 0 radical (unpaired) electrons. The van der Waals surface area contributed by atoms with E-state index in [1.54, 1.807) is 6.20 Å². The summed E-state index contributed by atoms with van der Waals surface area (Å²) in [6.45, 7) is 1.22. The quantitative estimate of drug-likeness (QED) is 0.472. The summed E-state index contributed by atoms with van der Waals surface area (Å²) in [5.74, 6) is 1.81. The molecule has 6 nitrogen and oxygen atoms in total. The van der Waals surface area contributed by atoms with E-state index in [9.17, 15) is 0 Å². The van der Waals surface area contributed by atoms with Crippen LogP contribution in [-0.4, -0.2) is 19.7 Å². The van der Waals surface area contributed by atoms with Crippen LogP contribution in [0, 0.1) is 0 Å². The average Bonchev–Trinajstić information content (AvgIpc) is 3.40. The van der Waals surface area contributed by atoms with Crippen LogP contribution in [0.25, 0.3) is 11.4 Å². The van der Waals surface area contributed by atoms with E-state index >= 15 is 0 Å². The van der Waals surface area contributed by atoms with Gasteiger partial charge in [-0.25, -0.2) is 4.98 Å². The van der Waals surface area contributed by atoms with Crippen LogP contribution >= 0.6 is 0 Å². The fourth-order valence-electron chi connectivity index (χ4n) is 2.80. The molecule has 0 aliphatic heterocycles. The van der Waals surface area contributed by atoms with Crippen LogP contribution < -0.4 is 4.74 Å². The lowest BCUT2D eigenvalue weighted by atomic mass is 10.1. The highest BCUT2D eigenvalue weighted by Crippen LogP contribution is 2.17. The largest absolute Gasteiger partial charge is 0.484 e. The third kappa shape index (κ3) is 4.61. The smallest absolute Gasteiger partial charge is 0.264 e. The molecular formula is C21H20N4O2. The van der Waals surface area contributed by atoms with E-state index in [-0.39, 0.29) is 6.61 Å². The van der Waals surface area contributed by atoms with Gasteiger partial charge < -0.3 is 13.8 Å². The van der Waals surface area contributed by atoms with E-state index in [1.807, 2.05) is 55.0 Å². The maximum absolute atomic E-state index is 5.75. The zero-order chi connectivity index (χ0) is 18.3. The molecule has 27 heavy (non-hydrogen) atoms. The maximum Gasteiger partial charge on any atom is 0.264 e. The SMILES string of the molecule is c1ccc(-c2noc(COc3ccc(CCCn4ccnc4)cc3)n2)cc1. The first-order valence-electron chi connectivity index (χ1n) is 8.92. The number of aryl methyl sites for hydroxylation is 2. The Kier molecular flexibility index (Phi) is 5.24. The lowest BCUT2D eigenvalue weighted by Gasteiger charge is -2.06. The second kappa shape index (κ2) is 8.31. The van der Waals surface area contributed by atoms with Crippen molar-refractivity contribution in [2.45, 2.75) is 26.0 Å². The van der Waals surface area contributed by atoms with Crippen LogP contribution in [0.4, 0.5) is 0 Å². The monoisotopic (exact) mass is 360 g/mol. The Bertz CT molecular complexity index is 948. The normalized spacial score (nSPS) is 10.8. The Morgan fingerprint density at radius 3 is 2.63 bits per heavy atom. The van der Waals surface area contributed by atoms with Gasteiger partial charge in [0.05, 0.1) is 6.33 Å². The molecule has 0 spiro atoms. The number of nitrogens with zero attached hydrogens (tertiary/aromatic N) is 4. The van der Waals surface area contributed by atoms with Gasteiger partial charge in [-0.15, -0.1) is 0 Å². The van der Waals surface area contributed by atoms with E-state index in [2.05, 4.69) is 31.8 Å². The van der Waals surface area contributed by atoms with Crippen molar-refractivity contribution in [3.63, 3.8) is 0 Å². The van der Waals surface area contributed by atoms with Gasteiger partial charge >= 0.3 is 0 Å². The molecule has 2 heterocycles. The molecule has 0 saturated heterocycles. The van der Waals surface area contributed by atoms with Crippen molar-refractivity contribution in [2.24, 2.45) is 0 Å². The lowest BCUT2D eigenvalue weighted by molar-refractivity contribution is 0.243. The van der Waals surface area contributed by atoms with Crippen LogP contribution in [0.5, 0.6) is 5.75 Å². The molecule has 0 N–H and O–H groups in total. The van der Waals surface area contributed by atoms with Gasteiger partial charge in [-0.1, -0.05) is 47.6 Å². The van der Waals surface area contributed by atoms with Gasteiger partial charge in [0.25, 0.3) is 5.89 Å². The predicted octanol–water partition coefficient (Wildman–Crippen LogP) is 4.14. The molecule has 4 aromatic rings. The summed E-state index contributed by atoms with van der Waals surface area (Å²) in [5, 5.41) is 4.00. The first kappa shape index (κ1) is 17.0. The van der Waals surface area contributed by atoms with Crippen LogP contribution in [0.1, 0.15) is 17.9 Å². The zero-order valence-electron chi connectivity index (χ0n) is 14.9. The second-order valence-electron chi connectivity index (χ2n) is 6.21. The molecule has 0 bridgehead atoms. The fraction of sp³-hybridized carbons (Fsp3) is 0.190. The number of imidazole rings is 1. The number of ether oxygens (including phenoxy) is 1. The molecule has 2 aromatic heterocycles. The number of benzene rings is 2. The first-order valence-corrected chi connectivity index (χ1v) is 8.92. The summed E-state index contributed by atoms with van der Waals surface area (Å²) < 4.78 is 13.1. The Balaban J connectivity index is 1.27. The van der Waals surface area contributed by atoms with Crippen molar-refractivity contribution in [3.05, 3.63) is 84.8 Å². The molecule has 0 saturated carbocycles. The summed E-state index contributed by atoms with van der Waals surface area (Å²) in [6.07, 6.45) is 7.72. The Hall–Kier alpha value is -3.41. The molecule has 4 rings (SSSR count). The number of rotatable bonds is 8. The van der Waals surface area contributed by atoms with Gasteiger partial charge in [0, 0.05) is 24.5 Å². The third-order valence-corrected chi connectivity index (χ3v) is 4.23. The van der Waals surface area contributed by atoms with E-state index in [4.69, 9.17) is 9.26 Å². The van der Waals surface area contributed by atoms with Crippen molar-refractivity contribution in [3.8, 4) is 17.1 Å². The van der Waals surface area contributed by atoms with Gasteiger partial charge in [0.2, 0.25) is 5.82 Å². The minimum atomic E-state index is 0.250. The van der Waals surface area contributed by atoms with Crippen LogP contribution in [0.3, 0.4) is 0 Å². The molecule has 0 unspecified atom stereocenters. The number of aromatic nitrogens is 4. The van der Waals surface area contributed by atoms with Crippen molar-refractivity contribution in [2.75, 3.05) is 0 Å². The van der Waals surface area contributed by atoms with Gasteiger partial charge in [0.15, 0.2) is 6.61 Å². The van der Waals surface area contributed by atoms with E-state index < -0.39 is 0 Å². The maximum atomic E-state index is 5.75. The molecule has 0 aliphatic rings. The summed E-state index contributed by atoms with van der Waals surface area (Å²) in [4.78, 5) is 8.42. The van der Waals surface area contributed by atoms with Crippen molar-refractivity contribution in [1.82, 2.24) is 19.7 Å². The molecule has 0 atom stereocenters. The summed E-state index contributed by atoms with van der Waals surface area (Å²) in [7, 11) is 0. The van der Waals surface area contributed by atoms with Crippen molar-refractivity contribution >= 4 is 0 Å². The molecule has 0 aliphatic carbocycles. The van der Waals surface area contributed by atoms with E-state index in [1.165, 1.54) is 5.56 Å². The summed E-state index contributed by atoms with van der Waals surface area (Å²) >= 11 is 0. The standard InChI is InChI=1S/C21H20N4O2/c1-2-6-18(7-3-1)21-23-20(27-24-21)15-26-19-10-8-17(9-11-19)5-4-13-25-14-12-22-16-25/h1-3,6-12,14,16H,4-5,13,15H2. The van der Waals surface area contributed by atoms with Crippen LogP contribution in [0.15, 0.2) is 77.8 Å². The summed E-state index contributed by atoms with van der Waals surface area (Å²) in [5.41, 5.74) is 2.21. The molecule has 0 amide bonds. The van der Waals surface area contributed by atoms with Crippen molar-refractivity contribution < 1.29 is 9.26 Å². The minimum Gasteiger partial charge on any atom is -0.484 e. The molecular weight excluding hydrogens is 340 g/mol. The highest BCUT2D eigenvalue weighted by atomic mass is 16.5. The van der Waals surface area contributed by atoms with Gasteiger partial charge in [-0.3, -0.25) is 0 Å². The second-order valence-corrected chi connectivity index (χ2v) is 6.21. The molecule has 2 aromatic carbocycles. The molecule has 136 valence electrons. The Morgan fingerprint density at radius 2 is 1.85 bits per heavy atom.